The Morgan fingerprint density at radius 3 is 3.09 bits per heavy atom. The SMILES string of the molecule is Fc1ccnc(C=CCCl)c1. The first-order valence-electron chi connectivity index (χ1n) is 3.17. The lowest BCUT2D eigenvalue weighted by Crippen LogP contribution is -1.81. The number of halogens is 2. The van der Waals surface area contributed by atoms with Crippen LogP contribution < -0.4 is 0 Å². The maximum atomic E-state index is 12.5. The summed E-state index contributed by atoms with van der Waals surface area (Å²) in [4.78, 5) is 3.89. The molecule has 1 aromatic heterocycles. The molecule has 0 saturated heterocycles. The van der Waals surface area contributed by atoms with Crippen LogP contribution in [0.15, 0.2) is 24.4 Å². The van der Waals surface area contributed by atoms with Crippen LogP contribution >= 0.6 is 11.6 Å². The van der Waals surface area contributed by atoms with Crippen LogP contribution in [0.4, 0.5) is 4.39 Å². The zero-order valence-corrected chi connectivity index (χ0v) is 6.55. The Labute approximate surface area is 69.5 Å². The summed E-state index contributed by atoms with van der Waals surface area (Å²) in [7, 11) is 0. The first-order valence-corrected chi connectivity index (χ1v) is 3.70. The minimum atomic E-state index is -0.283. The lowest BCUT2D eigenvalue weighted by molar-refractivity contribution is 0.625. The molecule has 0 unspecified atom stereocenters. The van der Waals surface area contributed by atoms with Crippen LogP contribution in [-0.4, -0.2) is 10.9 Å². The van der Waals surface area contributed by atoms with Crippen molar-refractivity contribution in [1.82, 2.24) is 4.98 Å². The highest BCUT2D eigenvalue weighted by Crippen LogP contribution is 2.01. The molecule has 0 amide bonds. The summed E-state index contributed by atoms with van der Waals surface area (Å²) in [5.74, 6) is 0.132. The monoisotopic (exact) mass is 171 g/mol. The molecular weight excluding hydrogens is 165 g/mol. The summed E-state index contributed by atoms with van der Waals surface area (Å²) in [5, 5.41) is 0. The van der Waals surface area contributed by atoms with Gasteiger partial charge >= 0.3 is 0 Å². The topological polar surface area (TPSA) is 12.9 Å². The van der Waals surface area contributed by atoms with Crippen molar-refractivity contribution in [2.75, 3.05) is 5.88 Å². The van der Waals surface area contributed by atoms with Crippen LogP contribution in [0.5, 0.6) is 0 Å². The number of hydrogen-bond acceptors (Lipinski definition) is 1. The van der Waals surface area contributed by atoms with E-state index in [1.165, 1.54) is 18.3 Å². The van der Waals surface area contributed by atoms with Crippen LogP contribution in [0.3, 0.4) is 0 Å². The quantitative estimate of drug-likeness (QED) is 0.623. The highest BCUT2D eigenvalue weighted by atomic mass is 35.5. The number of rotatable bonds is 2. The molecule has 1 aromatic rings. The average molecular weight is 172 g/mol. The molecule has 0 aromatic carbocycles. The van der Waals surface area contributed by atoms with Crippen LogP contribution in [0, 0.1) is 5.82 Å². The minimum Gasteiger partial charge on any atom is -0.257 e. The minimum absolute atomic E-state index is 0.283. The summed E-state index contributed by atoms with van der Waals surface area (Å²) >= 11 is 5.38. The van der Waals surface area contributed by atoms with Crippen LogP contribution in [0.25, 0.3) is 6.08 Å². The van der Waals surface area contributed by atoms with E-state index >= 15 is 0 Å². The van der Waals surface area contributed by atoms with Gasteiger partial charge in [-0.3, -0.25) is 4.98 Å². The highest BCUT2D eigenvalue weighted by molar-refractivity contribution is 6.19. The van der Waals surface area contributed by atoms with Crippen molar-refractivity contribution in [3.63, 3.8) is 0 Å². The third-order valence-electron chi connectivity index (χ3n) is 1.12. The molecule has 0 atom stereocenters. The van der Waals surface area contributed by atoms with Gasteiger partial charge in [0.05, 0.1) is 5.69 Å². The third kappa shape index (κ3) is 2.68. The summed E-state index contributed by atoms with van der Waals surface area (Å²) in [6, 6.07) is 2.65. The molecule has 0 aliphatic carbocycles. The molecule has 0 bridgehead atoms. The fourth-order valence-corrected chi connectivity index (χ4v) is 0.767. The van der Waals surface area contributed by atoms with Gasteiger partial charge in [-0.25, -0.2) is 4.39 Å². The van der Waals surface area contributed by atoms with Crippen molar-refractivity contribution in [1.29, 1.82) is 0 Å². The second kappa shape index (κ2) is 4.09. The number of pyridine rings is 1. The van der Waals surface area contributed by atoms with Crippen LogP contribution in [0.1, 0.15) is 5.69 Å². The summed E-state index contributed by atoms with van der Waals surface area (Å²) in [6.07, 6.45) is 4.81. The molecule has 0 fully saturated rings. The van der Waals surface area contributed by atoms with Crippen molar-refractivity contribution in [2.24, 2.45) is 0 Å². The Morgan fingerprint density at radius 1 is 1.64 bits per heavy atom. The van der Waals surface area contributed by atoms with Crippen LogP contribution in [0.2, 0.25) is 0 Å². The van der Waals surface area contributed by atoms with E-state index in [2.05, 4.69) is 4.98 Å². The molecule has 0 N–H and O–H groups in total. The summed E-state index contributed by atoms with van der Waals surface area (Å²) in [6.45, 7) is 0. The fraction of sp³-hybridized carbons (Fsp3) is 0.125. The maximum absolute atomic E-state index is 12.5. The van der Waals surface area contributed by atoms with Crippen LogP contribution in [-0.2, 0) is 0 Å². The molecule has 0 radical (unpaired) electrons. The van der Waals surface area contributed by atoms with E-state index in [9.17, 15) is 4.39 Å². The van der Waals surface area contributed by atoms with E-state index < -0.39 is 0 Å². The fourth-order valence-electron chi connectivity index (χ4n) is 0.678. The van der Waals surface area contributed by atoms with Crippen molar-refractivity contribution in [3.05, 3.63) is 35.9 Å². The normalized spacial score (nSPS) is 10.7. The second-order valence-corrected chi connectivity index (χ2v) is 2.26. The summed E-state index contributed by atoms with van der Waals surface area (Å²) < 4.78 is 12.5. The highest BCUT2D eigenvalue weighted by Gasteiger charge is 1.89. The lowest BCUT2D eigenvalue weighted by atomic mass is 10.3. The lowest BCUT2D eigenvalue weighted by Gasteiger charge is -1.90. The first kappa shape index (κ1) is 8.21. The van der Waals surface area contributed by atoms with E-state index in [0.29, 0.717) is 11.6 Å². The molecule has 3 heteroatoms. The molecule has 0 saturated carbocycles. The molecule has 11 heavy (non-hydrogen) atoms. The predicted octanol–water partition coefficient (Wildman–Crippen LogP) is 2.47. The van der Waals surface area contributed by atoms with Gasteiger partial charge in [0.15, 0.2) is 0 Å². The van der Waals surface area contributed by atoms with E-state index in [1.54, 1.807) is 12.2 Å². The molecule has 1 heterocycles. The van der Waals surface area contributed by atoms with Gasteiger partial charge in [0.2, 0.25) is 0 Å². The Hall–Kier alpha value is -0.890. The van der Waals surface area contributed by atoms with Gasteiger partial charge < -0.3 is 0 Å². The van der Waals surface area contributed by atoms with Crippen molar-refractivity contribution < 1.29 is 4.39 Å². The Bertz CT molecular complexity index is 260. The van der Waals surface area contributed by atoms with Gasteiger partial charge in [0, 0.05) is 12.1 Å². The van der Waals surface area contributed by atoms with Crippen molar-refractivity contribution >= 4 is 17.7 Å². The Morgan fingerprint density at radius 2 is 2.45 bits per heavy atom. The molecule has 0 aliphatic heterocycles. The van der Waals surface area contributed by atoms with E-state index in [1.807, 2.05) is 0 Å². The van der Waals surface area contributed by atoms with E-state index in [-0.39, 0.29) is 5.82 Å². The molecule has 0 spiro atoms. The van der Waals surface area contributed by atoms with Gasteiger partial charge in [-0.1, -0.05) is 6.08 Å². The number of aromatic nitrogens is 1. The first-order chi connectivity index (χ1) is 5.33. The molecule has 58 valence electrons. The Kier molecular flexibility index (Phi) is 3.05. The van der Waals surface area contributed by atoms with Gasteiger partial charge in [0.1, 0.15) is 5.82 Å². The van der Waals surface area contributed by atoms with Gasteiger partial charge in [-0.15, -0.1) is 11.6 Å². The van der Waals surface area contributed by atoms with Crippen molar-refractivity contribution in [2.45, 2.75) is 0 Å². The van der Waals surface area contributed by atoms with E-state index in [4.69, 9.17) is 11.6 Å². The predicted molar refractivity (Wildman–Crippen MR) is 43.9 cm³/mol. The Balaban J connectivity index is 2.79. The number of hydrogen-bond donors (Lipinski definition) is 0. The molecule has 1 nitrogen and oxygen atoms in total. The van der Waals surface area contributed by atoms with Gasteiger partial charge in [0.25, 0.3) is 0 Å². The zero-order valence-electron chi connectivity index (χ0n) is 5.80. The molecular formula is C8H7ClFN. The average Bonchev–Trinajstić information content (AvgIpc) is 2.01. The number of allylic oxidation sites excluding steroid dienone is 1. The standard InChI is InChI=1S/C8H7ClFN/c9-4-1-2-8-6-7(10)3-5-11-8/h1-3,5-6H,4H2. The van der Waals surface area contributed by atoms with E-state index in [0.717, 1.165) is 0 Å². The zero-order chi connectivity index (χ0) is 8.10. The number of alkyl halides is 1. The maximum Gasteiger partial charge on any atom is 0.126 e. The third-order valence-corrected chi connectivity index (χ3v) is 1.30. The largest absolute Gasteiger partial charge is 0.257 e. The van der Waals surface area contributed by atoms with Crippen molar-refractivity contribution in [3.8, 4) is 0 Å². The molecule has 0 aliphatic rings. The van der Waals surface area contributed by atoms with Gasteiger partial charge in [-0.2, -0.15) is 0 Å². The second-order valence-electron chi connectivity index (χ2n) is 1.96. The molecule has 1 rings (SSSR count). The summed E-state index contributed by atoms with van der Waals surface area (Å²) in [5.41, 5.74) is 0.589. The van der Waals surface area contributed by atoms with Gasteiger partial charge in [-0.05, 0) is 18.2 Å². The number of nitrogens with zero attached hydrogens (tertiary/aromatic N) is 1. The smallest absolute Gasteiger partial charge is 0.126 e.